The van der Waals surface area contributed by atoms with Gasteiger partial charge in [0.2, 0.25) is 0 Å². The van der Waals surface area contributed by atoms with Crippen molar-refractivity contribution >= 4 is 46.0 Å². The van der Waals surface area contributed by atoms with Crippen LogP contribution in [0.5, 0.6) is 0 Å². The minimum absolute atomic E-state index is 0.141. The number of carbonyl (C=O) groups excluding carboxylic acids is 1. The highest BCUT2D eigenvalue weighted by atomic mass is 35.5. The van der Waals surface area contributed by atoms with Gasteiger partial charge in [0.1, 0.15) is 0 Å². The zero-order valence-electron chi connectivity index (χ0n) is 18.8. The minimum Gasteiger partial charge on any atom is -0.481 e. The zero-order valence-corrected chi connectivity index (χ0v) is 20.3. The van der Waals surface area contributed by atoms with E-state index < -0.39 is 23.8 Å². The number of amides is 1. The van der Waals surface area contributed by atoms with E-state index in [0.29, 0.717) is 40.0 Å². The fourth-order valence-electron chi connectivity index (χ4n) is 4.78. The van der Waals surface area contributed by atoms with Crippen LogP contribution in [0.4, 0.5) is 13.2 Å². The van der Waals surface area contributed by atoms with Gasteiger partial charge in [0.05, 0.1) is 34.6 Å². The summed E-state index contributed by atoms with van der Waals surface area (Å²) in [6, 6.07) is 6.47. The smallest absolute Gasteiger partial charge is 0.416 e. The van der Waals surface area contributed by atoms with Gasteiger partial charge in [0.15, 0.2) is 0 Å². The first kappa shape index (κ1) is 25.4. The molecule has 1 aliphatic heterocycles. The SMILES string of the molecule is Cc1cc(C(F)(F)F)cc2ccn(Cc3c(Cl)ccc(C(=O)N4CCCCC4CC(=O)O)c3Cl)c12. The average molecular weight is 527 g/mol. The second-order valence-electron chi connectivity index (χ2n) is 8.81. The maximum Gasteiger partial charge on any atom is 0.416 e. The molecule has 0 bridgehead atoms. The van der Waals surface area contributed by atoms with Crippen molar-refractivity contribution in [3.05, 3.63) is 68.8 Å². The highest BCUT2D eigenvalue weighted by molar-refractivity contribution is 6.38. The number of likely N-dealkylation sites (tertiary alicyclic amines) is 1. The lowest BCUT2D eigenvalue weighted by Crippen LogP contribution is -2.44. The van der Waals surface area contributed by atoms with Crippen LogP contribution in [-0.4, -0.2) is 39.0 Å². The molecule has 4 rings (SSSR count). The summed E-state index contributed by atoms with van der Waals surface area (Å²) in [7, 11) is 0. The number of hydrogen-bond acceptors (Lipinski definition) is 2. The van der Waals surface area contributed by atoms with E-state index in [1.807, 2.05) is 0 Å². The second kappa shape index (κ2) is 9.74. The molecule has 1 unspecified atom stereocenters. The number of nitrogens with zero attached hydrogens (tertiary/aromatic N) is 2. The molecule has 0 saturated carbocycles. The van der Waals surface area contributed by atoms with E-state index in [1.54, 1.807) is 34.7 Å². The largest absolute Gasteiger partial charge is 0.481 e. The summed E-state index contributed by atoms with van der Waals surface area (Å²) >= 11 is 13.1. The Balaban J connectivity index is 1.69. The van der Waals surface area contributed by atoms with Crippen molar-refractivity contribution in [1.82, 2.24) is 9.47 Å². The normalized spacial score (nSPS) is 16.6. The number of hydrogen-bond donors (Lipinski definition) is 1. The van der Waals surface area contributed by atoms with Crippen LogP contribution in [0.3, 0.4) is 0 Å². The molecule has 0 spiro atoms. The topological polar surface area (TPSA) is 62.5 Å². The summed E-state index contributed by atoms with van der Waals surface area (Å²) in [5, 5.41) is 10.1. The first-order valence-electron chi connectivity index (χ1n) is 11.1. The number of aryl methyl sites for hydroxylation is 1. The first-order chi connectivity index (χ1) is 16.5. The molecule has 1 aliphatic rings. The number of aromatic nitrogens is 1. The summed E-state index contributed by atoms with van der Waals surface area (Å²) < 4.78 is 41.4. The number of alkyl halides is 3. The Hall–Kier alpha value is -2.71. The van der Waals surface area contributed by atoms with Crippen LogP contribution >= 0.6 is 23.2 Å². The Morgan fingerprint density at radius 2 is 1.89 bits per heavy atom. The third-order valence-corrected chi connectivity index (χ3v) is 7.21. The van der Waals surface area contributed by atoms with Crippen LogP contribution in [0.2, 0.25) is 10.0 Å². The van der Waals surface area contributed by atoms with E-state index >= 15 is 0 Å². The predicted molar refractivity (Wildman–Crippen MR) is 128 cm³/mol. The Bertz CT molecular complexity index is 1300. The molecule has 1 aromatic heterocycles. The Kier molecular flexibility index (Phi) is 7.06. The van der Waals surface area contributed by atoms with Crippen LogP contribution in [0.25, 0.3) is 10.9 Å². The van der Waals surface area contributed by atoms with Gasteiger partial charge in [0.25, 0.3) is 5.91 Å². The van der Waals surface area contributed by atoms with Gasteiger partial charge in [-0.3, -0.25) is 9.59 Å². The summed E-state index contributed by atoms with van der Waals surface area (Å²) in [6.45, 7) is 2.19. The van der Waals surface area contributed by atoms with E-state index in [9.17, 15) is 27.9 Å². The number of halogens is 5. The van der Waals surface area contributed by atoms with E-state index in [-0.39, 0.29) is 29.5 Å². The van der Waals surface area contributed by atoms with Gasteiger partial charge in [-0.05, 0) is 62.1 Å². The van der Waals surface area contributed by atoms with Gasteiger partial charge >= 0.3 is 12.1 Å². The molecular formula is C25H23Cl2F3N2O3. The molecule has 10 heteroatoms. The lowest BCUT2D eigenvalue weighted by molar-refractivity contribution is -0.139. The molecule has 1 fully saturated rings. The number of carboxylic acid groups (broad SMARTS) is 1. The molecule has 1 atom stereocenters. The number of piperidine rings is 1. The van der Waals surface area contributed by atoms with Crippen LogP contribution < -0.4 is 0 Å². The van der Waals surface area contributed by atoms with Crippen molar-refractivity contribution in [2.75, 3.05) is 6.54 Å². The zero-order chi connectivity index (χ0) is 25.5. The van der Waals surface area contributed by atoms with E-state index in [4.69, 9.17) is 23.2 Å². The second-order valence-corrected chi connectivity index (χ2v) is 9.59. The van der Waals surface area contributed by atoms with Crippen molar-refractivity contribution in [1.29, 1.82) is 0 Å². The van der Waals surface area contributed by atoms with Crippen LogP contribution in [0.1, 0.15) is 52.7 Å². The highest BCUT2D eigenvalue weighted by Crippen LogP contribution is 2.36. The van der Waals surface area contributed by atoms with Crippen LogP contribution in [-0.2, 0) is 17.5 Å². The van der Waals surface area contributed by atoms with Gasteiger partial charge in [-0.1, -0.05) is 23.2 Å². The molecule has 3 aromatic rings. The fraction of sp³-hybridized carbons (Fsp3) is 0.360. The number of aliphatic carboxylic acids is 1. The van der Waals surface area contributed by atoms with Gasteiger partial charge in [0, 0.05) is 34.8 Å². The highest BCUT2D eigenvalue weighted by Gasteiger charge is 2.32. The summed E-state index contributed by atoms with van der Waals surface area (Å²) in [6.07, 6.45) is -0.712. The molecule has 0 aliphatic carbocycles. The lowest BCUT2D eigenvalue weighted by Gasteiger charge is -2.35. The van der Waals surface area contributed by atoms with Gasteiger partial charge in [-0.25, -0.2) is 0 Å². The van der Waals surface area contributed by atoms with Crippen molar-refractivity contribution < 1.29 is 27.9 Å². The molecular weight excluding hydrogens is 504 g/mol. The van der Waals surface area contributed by atoms with Gasteiger partial charge in [-0.2, -0.15) is 13.2 Å². The van der Waals surface area contributed by atoms with Crippen molar-refractivity contribution in [3.63, 3.8) is 0 Å². The Labute approximate surface area is 210 Å². The number of rotatable bonds is 5. The standard InChI is InChI=1S/C25H23Cl2F3N2O3/c1-14-10-16(25(28,29)30)11-15-7-9-31(23(14)15)13-19-20(26)6-5-18(22(19)27)24(35)32-8-3-2-4-17(32)12-21(33)34/h5-7,9-11,17H,2-4,8,12-13H2,1H3,(H,33,34). The number of benzene rings is 2. The predicted octanol–water partition coefficient (Wildman–Crippen LogP) is 6.79. The lowest BCUT2D eigenvalue weighted by atomic mass is 9.97. The van der Waals surface area contributed by atoms with Crippen molar-refractivity contribution in [3.8, 4) is 0 Å². The first-order valence-corrected chi connectivity index (χ1v) is 11.9. The fourth-order valence-corrected chi connectivity index (χ4v) is 5.35. The quantitative estimate of drug-likeness (QED) is 0.397. The molecule has 2 aromatic carbocycles. The Morgan fingerprint density at radius 1 is 1.14 bits per heavy atom. The molecule has 5 nitrogen and oxygen atoms in total. The molecule has 2 heterocycles. The number of fused-ring (bicyclic) bond motifs is 1. The molecule has 1 saturated heterocycles. The number of carboxylic acids is 1. The molecule has 1 amide bonds. The van der Waals surface area contributed by atoms with E-state index in [2.05, 4.69) is 0 Å². The molecule has 0 radical (unpaired) electrons. The average Bonchev–Trinajstić information content (AvgIpc) is 3.19. The number of carbonyl (C=O) groups is 2. The van der Waals surface area contributed by atoms with E-state index in [1.165, 1.54) is 6.07 Å². The van der Waals surface area contributed by atoms with Crippen LogP contribution in [0.15, 0.2) is 36.5 Å². The Morgan fingerprint density at radius 3 is 2.57 bits per heavy atom. The third-order valence-electron chi connectivity index (χ3n) is 6.42. The van der Waals surface area contributed by atoms with Crippen molar-refractivity contribution in [2.24, 2.45) is 0 Å². The molecule has 35 heavy (non-hydrogen) atoms. The summed E-state index contributed by atoms with van der Waals surface area (Å²) in [5.74, 6) is -1.33. The van der Waals surface area contributed by atoms with Gasteiger partial charge < -0.3 is 14.6 Å². The monoisotopic (exact) mass is 526 g/mol. The molecule has 186 valence electrons. The van der Waals surface area contributed by atoms with Gasteiger partial charge in [-0.15, -0.1) is 0 Å². The van der Waals surface area contributed by atoms with Crippen molar-refractivity contribution in [2.45, 2.75) is 51.4 Å². The van der Waals surface area contributed by atoms with Crippen LogP contribution in [0, 0.1) is 6.92 Å². The van der Waals surface area contributed by atoms with E-state index in [0.717, 1.165) is 25.0 Å². The third kappa shape index (κ3) is 5.14. The summed E-state index contributed by atoms with van der Waals surface area (Å²) in [5.41, 5.74) is 1.02. The maximum atomic E-state index is 13.4. The minimum atomic E-state index is -4.45. The summed E-state index contributed by atoms with van der Waals surface area (Å²) in [4.78, 5) is 26.2. The molecule has 1 N–H and O–H groups in total. The maximum absolute atomic E-state index is 13.4.